The van der Waals surface area contributed by atoms with Gasteiger partial charge in [-0.15, -0.1) is 11.3 Å². The molecule has 20 heavy (non-hydrogen) atoms. The molecule has 2 rings (SSSR count). The van der Waals surface area contributed by atoms with Crippen LogP contribution in [0.4, 0.5) is 0 Å². The number of aryl methyl sites for hydroxylation is 2. The molecule has 0 radical (unpaired) electrons. The summed E-state index contributed by atoms with van der Waals surface area (Å²) in [6.45, 7) is 2.24. The summed E-state index contributed by atoms with van der Waals surface area (Å²) in [6, 6.07) is 9.91. The van der Waals surface area contributed by atoms with Gasteiger partial charge in [-0.1, -0.05) is 30.3 Å². The van der Waals surface area contributed by atoms with Crippen molar-refractivity contribution >= 4 is 21.4 Å². The van der Waals surface area contributed by atoms with Gasteiger partial charge in [-0.25, -0.2) is 18.1 Å². The van der Waals surface area contributed by atoms with Gasteiger partial charge in [-0.2, -0.15) is 0 Å². The molecule has 0 aliphatic carbocycles. The molecule has 0 saturated carbocycles. The zero-order valence-corrected chi connectivity index (χ0v) is 13.0. The second-order valence-electron chi connectivity index (χ2n) is 4.59. The highest BCUT2D eigenvalue weighted by molar-refractivity contribution is 7.89. The predicted molar refractivity (Wildman–Crippen MR) is 82.2 cm³/mol. The van der Waals surface area contributed by atoms with E-state index in [9.17, 15) is 8.42 Å². The molecule has 0 spiro atoms. The van der Waals surface area contributed by atoms with Crippen LogP contribution in [0.25, 0.3) is 0 Å². The number of benzene rings is 1. The van der Waals surface area contributed by atoms with Crippen molar-refractivity contribution < 1.29 is 8.42 Å². The molecule has 0 unspecified atom stereocenters. The Morgan fingerprint density at radius 2 is 2.00 bits per heavy atom. The third kappa shape index (κ3) is 5.03. The number of sulfonamides is 1. The summed E-state index contributed by atoms with van der Waals surface area (Å²) in [4.78, 5) is 5.22. The summed E-state index contributed by atoms with van der Waals surface area (Å²) < 4.78 is 26.3. The largest absolute Gasteiger partial charge is 0.248 e. The first kappa shape index (κ1) is 15.2. The molecular formula is C14H18N2O2S2. The van der Waals surface area contributed by atoms with Crippen molar-refractivity contribution in [3.05, 3.63) is 52.0 Å². The predicted octanol–water partition coefficient (Wildman–Crippen LogP) is 2.50. The van der Waals surface area contributed by atoms with Gasteiger partial charge in [-0.05, 0) is 25.3 Å². The molecule has 0 aliphatic heterocycles. The molecule has 1 heterocycles. The van der Waals surface area contributed by atoms with Crippen molar-refractivity contribution in [1.29, 1.82) is 0 Å². The Bertz CT molecular complexity index is 636. The topological polar surface area (TPSA) is 59.1 Å². The molecular weight excluding hydrogens is 292 g/mol. The van der Waals surface area contributed by atoms with Crippen LogP contribution in [0.1, 0.15) is 21.9 Å². The minimum atomic E-state index is -3.22. The van der Waals surface area contributed by atoms with E-state index in [0.29, 0.717) is 6.42 Å². The number of nitrogens with one attached hydrogen (secondary N) is 1. The first-order chi connectivity index (χ1) is 9.55. The lowest BCUT2D eigenvalue weighted by atomic mass is 10.1. The van der Waals surface area contributed by atoms with Crippen LogP contribution in [0, 0.1) is 6.92 Å². The minimum absolute atomic E-state index is 0.145. The van der Waals surface area contributed by atoms with Crippen LogP contribution in [0.15, 0.2) is 36.5 Å². The molecule has 1 aromatic heterocycles. The summed E-state index contributed by atoms with van der Waals surface area (Å²) in [5, 5.41) is 0.800. The number of aromatic nitrogens is 1. The smallest absolute Gasteiger partial charge is 0.211 e. The Balaban J connectivity index is 1.76. The second-order valence-corrected chi connectivity index (χ2v) is 7.84. The molecule has 4 nitrogen and oxygen atoms in total. The van der Waals surface area contributed by atoms with Crippen molar-refractivity contribution in [3.63, 3.8) is 0 Å². The van der Waals surface area contributed by atoms with Gasteiger partial charge in [-0.3, -0.25) is 0 Å². The number of nitrogens with zero attached hydrogens (tertiary/aromatic N) is 1. The van der Waals surface area contributed by atoms with E-state index in [4.69, 9.17) is 0 Å². The number of hydrogen-bond acceptors (Lipinski definition) is 4. The number of rotatable bonds is 7. The highest BCUT2D eigenvalue weighted by Gasteiger charge is 2.10. The van der Waals surface area contributed by atoms with E-state index in [1.165, 1.54) is 16.9 Å². The van der Waals surface area contributed by atoms with Crippen LogP contribution in [-0.4, -0.2) is 19.2 Å². The molecule has 108 valence electrons. The zero-order chi connectivity index (χ0) is 14.4. The normalized spacial score (nSPS) is 11.7. The first-order valence-corrected chi connectivity index (χ1v) is 8.94. The Kier molecular flexibility index (Phi) is 5.28. The van der Waals surface area contributed by atoms with Gasteiger partial charge in [0.2, 0.25) is 10.0 Å². The van der Waals surface area contributed by atoms with E-state index in [2.05, 4.69) is 9.71 Å². The summed E-state index contributed by atoms with van der Waals surface area (Å²) >= 11 is 1.51. The molecule has 0 atom stereocenters. The van der Waals surface area contributed by atoms with Crippen LogP contribution >= 0.6 is 11.3 Å². The van der Waals surface area contributed by atoms with Crippen molar-refractivity contribution in [2.45, 2.75) is 26.3 Å². The average Bonchev–Trinajstić information content (AvgIpc) is 2.84. The van der Waals surface area contributed by atoms with E-state index >= 15 is 0 Å². The van der Waals surface area contributed by atoms with Crippen LogP contribution in [0.2, 0.25) is 0 Å². The van der Waals surface area contributed by atoms with Gasteiger partial charge in [0.25, 0.3) is 0 Å². The molecule has 0 fully saturated rings. The highest BCUT2D eigenvalue weighted by atomic mass is 32.2. The van der Waals surface area contributed by atoms with Crippen molar-refractivity contribution in [3.8, 4) is 0 Å². The van der Waals surface area contributed by atoms with E-state index in [1.54, 1.807) is 6.20 Å². The fourth-order valence-corrected chi connectivity index (χ4v) is 3.68. The van der Waals surface area contributed by atoms with Crippen molar-refractivity contribution in [2.24, 2.45) is 0 Å². The number of hydrogen-bond donors (Lipinski definition) is 1. The third-order valence-electron chi connectivity index (χ3n) is 2.83. The SMILES string of the molecule is Cc1cnc(CNS(=O)(=O)CCCc2ccccc2)s1. The molecule has 6 heteroatoms. The monoisotopic (exact) mass is 310 g/mol. The quantitative estimate of drug-likeness (QED) is 0.855. The lowest BCUT2D eigenvalue weighted by Crippen LogP contribution is -2.26. The average molecular weight is 310 g/mol. The molecule has 0 amide bonds. The zero-order valence-electron chi connectivity index (χ0n) is 11.4. The summed E-state index contributed by atoms with van der Waals surface area (Å²) in [5.41, 5.74) is 1.17. The van der Waals surface area contributed by atoms with Gasteiger partial charge >= 0.3 is 0 Å². The van der Waals surface area contributed by atoms with Gasteiger partial charge in [0.1, 0.15) is 5.01 Å². The molecule has 0 bridgehead atoms. The Labute approximate surface area is 123 Å². The second kappa shape index (κ2) is 6.97. The Morgan fingerprint density at radius 1 is 1.25 bits per heavy atom. The Morgan fingerprint density at radius 3 is 2.65 bits per heavy atom. The minimum Gasteiger partial charge on any atom is -0.248 e. The standard InChI is InChI=1S/C14H18N2O2S2/c1-12-10-15-14(19-12)11-16-20(17,18)9-5-8-13-6-3-2-4-7-13/h2-4,6-7,10,16H,5,8-9,11H2,1H3. The molecule has 0 aliphatic rings. The lowest BCUT2D eigenvalue weighted by molar-refractivity contribution is 0.578. The van der Waals surface area contributed by atoms with Crippen molar-refractivity contribution in [2.75, 3.05) is 5.75 Å². The third-order valence-corrected chi connectivity index (χ3v) is 5.16. The van der Waals surface area contributed by atoms with Crippen LogP contribution < -0.4 is 4.72 Å². The van der Waals surface area contributed by atoms with E-state index < -0.39 is 10.0 Å². The molecule has 1 aromatic carbocycles. The van der Waals surface area contributed by atoms with Crippen LogP contribution in [0.3, 0.4) is 0 Å². The van der Waals surface area contributed by atoms with Crippen LogP contribution in [-0.2, 0) is 23.0 Å². The summed E-state index contributed by atoms with van der Waals surface area (Å²) in [5.74, 6) is 0.145. The summed E-state index contributed by atoms with van der Waals surface area (Å²) in [7, 11) is -3.22. The first-order valence-electron chi connectivity index (χ1n) is 6.48. The van der Waals surface area contributed by atoms with Crippen LogP contribution in [0.5, 0.6) is 0 Å². The Hall–Kier alpha value is -1.24. The molecule has 1 N–H and O–H groups in total. The van der Waals surface area contributed by atoms with Gasteiger partial charge in [0, 0.05) is 11.1 Å². The fourth-order valence-electron chi connectivity index (χ4n) is 1.84. The van der Waals surface area contributed by atoms with E-state index in [0.717, 1.165) is 16.3 Å². The van der Waals surface area contributed by atoms with E-state index in [1.807, 2.05) is 37.3 Å². The van der Waals surface area contributed by atoms with Gasteiger partial charge < -0.3 is 0 Å². The lowest BCUT2D eigenvalue weighted by Gasteiger charge is -2.05. The maximum atomic E-state index is 11.9. The maximum Gasteiger partial charge on any atom is 0.211 e. The van der Waals surface area contributed by atoms with Crippen molar-refractivity contribution in [1.82, 2.24) is 9.71 Å². The molecule has 2 aromatic rings. The molecule has 0 saturated heterocycles. The van der Waals surface area contributed by atoms with Gasteiger partial charge in [0.15, 0.2) is 0 Å². The van der Waals surface area contributed by atoms with E-state index in [-0.39, 0.29) is 12.3 Å². The maximum absolute atomic E-state index is 11.9. The van der Waals surface area contributed by atoms with Gasteiger partial charge in [0.05, 0.1) is 12.3 Å². The highest BCUT2D eigenvalue weighted by Crippen LogP contribution is 2.11. The summed E-state index contributed by atoms with van der Waals surface area (Å²) in [6.07, 6.45) is 3.15. The fraction of sp³-hybridized carbons (Fsp3) is 0.357. The number of thiazole rings is 1.